The Morgan fingerprint density at radius 1 is 1.33 bits per heavy atom. The quantitative estimate of drug-likeness (QED) is 0.738. The molecule has 1 unspecified atom stereocenters. The van der Waals surface area contributed by atoms with Gasteiger partial charge in [0.05, 0.1) is 6.20 Å². The van der Waals surface area contributed by atoms with Crippen molar-refractivity contribution in [3.8, 4) is 0 Å². The number of hydrogen-bond donors (Lipinski definition) is 0. The van der Waals surface area contributed by atoms with Crippen LogP contribution in [0.3, 0.4) is 0 Å². The Kier molecular flexibility index (Phi) is 3.72. The summed E-state index contributed by atoms with van der Waals surface area (Å²) in [7, 11) is 1.93. The summed E-state index contributed by atoms with van der Waals surface area (Å²) in [5.41, 5.74) is 2.41. The van der Waals surface area contributed by atoms with Gasteiger partial charge < -0.3 is 9.32 Å². The van der Waals surface area contributed by atoms with Gasteiger partial charge in [0.1, 0.15) is 11.3 Å². The second kappa shape index (κ2) is 5.90. The monoisotopic (exact) mass is 329 g/mol. The molecule has 1 aromatic carbocycles. The Morgan fingerprint density at radius 2 is 2.21 bits per heavy atom. The van der Waals surface area contributed by atoms with Gasteiger partial charge in [0.25, 0.3) is 6.01 Å². The smallest absolute Gasteiger partial charge is 0.298 e. The largest absolute Gasteiger partial charge is 0.423 e. The lowest BCUT2D eigenvalue weighted by atomic mass is 10.2. The molecule has 126 valence electrons. The van der Waals surface area contributed by atoms with Crippen LogP contribution in [0.1, 0.15) is 12.5 Å². The first kappa shape index (κ1) is 15.1. The van der Waals surface area contributed by atoms with Crippen molar-refractivity contribution < 1.29 is 8.81 Å². The fourth-order valence-corrected chi connectivity index (χ4v) is 3.21. The van der Waals surface area contributed by atoms with Gasteiger partial charge in [-0.15, -0.1) is 0 Å². The number of rotatable bonds is 3. The SMILES string of the molecule is CC1CN(c2nc3ccc(F)cc3o2)CCN1Cc1cnn(C)c1. The highest BCUT2D eigenvalue weighted by Crippen LogP contribution is 2.25. The summed E-state index contributed by atoms with van der Waals surface area (Å²) < 4.78 is 20.9. The Bertz CT molecular complexity index is 858. The van der Waals surface area contributed by atoms with Crippen LogP contribution in [0.15, 0.2) is 35.0 Å². The number of fused-ring (bicyclic) bond motifs is 1. The Balaban J connectivity index is 1.47. The molecule has 0 radical (unpaired) electrons. The molecular weight excluding hydrogens is 309 g/mol. The molecule has 0 bridgehead atoms. The van der Waals surface area contributed by atoms with E-state index in [9.17, 15) is 4.39 Å². The van der Waals surface area contributed by atoms with Crippen molar-refractivity contribution >= 4 is 17.1 Å². The average molecular weight is 329 g/mol. The molecular formula is C17H20FN5O. The fourth-order valence-electron chi connectivity index (χ4n) is 3.21. The van der Waals surface area contributed by atoms with E-state index in [0.717, 1.165) is 26.2 Å². The Labute approximate surface area is 139 Å². The van der Waals surface area contributed by atoms with Crippen LogP contribution in [-0.2, 0) is 13.6 Å². The summed E-state index contributed by atoms with van der Waals surface area (Å²) >= 11 is 0. The van der Waals surface area contributed by atoms with E-state index < -0.39 is 0 Å². The molecule has 0 spiro atoms. The van der Waals surface area contributed by atoms with Crippen molar-refractivity contribution in [3.63, 3.8) is 0 Å². The van der Waals surface area contributed by atoms with E-state index in [2.05, 4.69) is 33.0 Å². The number of anilines is 1. The molecule has 2 aromatic heterocycles. The first-order valence-corrected chi connectivity index (χ1v) is 8.11. The van der Waals surface area contributed by atoms with Crippen molar-refractivity contribution in [1.82, 2.24) is 19.7 Å². The van der Waals surface area contributed by atoms with Crippen molar-refractivity contribution in [1.29, 1.82) is 0 Å². The maximum Gasteiger partial charge on any atom is 0.298 e. The van der Waals surface area contributed by atoms with E-state index >= 15 is 0 Å². The molecule has 1 saturated heterocycles. The number of aromatic nitrogens is 3. The summed E-state index contributed by atoms with van der Waals surface area (Å²) in [5.74, 6) is -0.306. The summed E-state index contributed by atoms with van der Waals surface area (Å²) in [5, 5.41) is 4.23. The van der Waals surface area contributed by atoms with Gasteiger partial charge >= 0.3 is 0 Å². The van der Waals surface area contributed by atoms with Gasteiger partial charge in [-0.05, 0) is 19.1 Å². The number of benzene rings is 1. The zero-order valence-corrected chi connectivity index (χ0v) is 13.8. The molecule has 24 heavy (non-hydrogen) atoms. The molecule has 3 heterocycles. The Hall–Kier alpha value is -2.41. The molecule has 1 aliphatic heterocycles. The van der Waals surface area contributed by atoms with Gasteiger partial charge in [-0.1, -0.05) is 0 Å². The van der Waals surface area contributed by atoms with Gasteiger partial charge in [0.2, 0.25) is 0 Å². The summed E-state index contributed by atoms with van der Waals surface area (Å²) in [4.78, 5) is 9.04. The molecule has 1 aliphatic rings. The van der Waals surface area contributed by atoms with Crippen LogP contribution < -0.4 is 4.90 Å². The van der Waals surface area contributed by atoms with Crippen LogP contribution >= 0.6 is 0 Å². The second-order valence-electron chi connectivity index (χ2n) is 6.40. The van der Waals surface area contributed by atoms with E-state index in [1.165, 1.54) is 17.7 Å². The van der Waals surface area contributed by atoms with Crippen LogP contribution in [0.25, 0.3) is 11.1 Å². The maximum absolute atomic E-state index is 13.3. The molecule has 0 aliphatic carbocycles. The lowest BCUT2D eigenvalue weighted by Gasteiger charge is -2.38. The number of oxazole rings is 1. The molecule has 3 aromatic rings. The van der Waals surface area contributed by atoms with Gasteiger partial charge in [-0.25, -0.2) is 4.39 Å². The van der Waals surface area contributed by atoms with E-state index in [4.69, 9.17) is 4.42 Å². The third-order valence-electron chi connectivity index (χ3n) is 4.52. The third kappa shape index (κ3) is 2.87. The van der Waals surface area contributed by atoms with E-state index in [1.807, 2.05) is 17.9 Å². The standard InChI is InChI=1S/C17H20FN5O/c1-12-9-23(6-5-22(12)11-13-8-19-21(2)10-13)17-20-15-4-3-14(18)7-16(15)24-17/h3-4,7-8,10,12H,5-6,9,11H2,1-2H3. The number of hydrogen-bond acceptors (Lipinski definition) is 5. The van der Waals surface area contributed by atoms with Crippen LogP contribution in [-0.4, -0.2) is 45.3 Å². The highest BCUT2D eigenvalue weighted by molar-refractivity contribution is 5.74. The van der Waals surface area contributed by atoms with Crippen LogP contribution in [0, 0.1) is 5.82 Å². The topological polar surface area (TPSA) is 50.3 Å². The average Bonchev–Trinajstić information content (AvgIpc) is 3.15. The second-order valence-corrected chi connectivity index (χ2v) is 6.40. The Morgan fingerprint density at radius 3 is 2.96 bits per heavy atom. The van der Waals surface area contributed by atoms with E-state index in [1.54, 1.807) is 6.07 Å². The van der Waals surface area contributed by atoms with Crippen LogP contribution in [0.4, 0.5) is 10.4 Å². The van der Waals surface area contributed by atoms with Crippen molar-refractivity contribution in [3.05, 3.63) is 42.0 Å². The van der Waals surface area contributed by atoms with Crippen molar-refractivity contribution in [2.24, 2.45) is 7.05 Å². The normalized spacial score (nSPS) is 19.3. The zero-order valence-electron chi connectivity index (χ0n) is 13.8. The zero-order chi connectivity index (χ0) is 16.7. The van der Waals surface area contributed by atoms with Gasteiger partial charge in [-0.3, -0.25) is 9.58 Å². The van der Waals surface area contributed by atoms with Crippen molar-refractivity contribution in [2.45, 2.75) is 19.5 Å². The lowest BCUT2D eigenvalue weighted by Crippen LogP contribution is -2.51. The van der Waals surface area contributed by atoms with Gasteiger partial charge in [0, 0.05) is 57.1 Å². The number of nitrogens with zero attached hydrogens (tertiary/aromatic N) is 5. The van der Waals surface area contributed by atoms with Crippen LogP contribution in [0.2, 0.25) is 0 Å². The minimum absolute atomic E-state index is 0.306. The molecule has 0 amide bonds. The first-order chi connectivity index (χ1) is 11.6. The van der Waals surface area contributed by atoms with Crippen LogP contribution in [0.5, 0.6) is 0 Å². The summed E-state index contributed by atoms with van der Waals surface area (Å²) in [6.07, 6.45) is 3.96. The predicted octanol–water partition coefficient (Wildman–Crippen LogP) is 2.41. The summed E-state index contributed by atoms with van der Waals surface area (Å²) in [6.45, 7) is 5.67. The molecule has 7 heteroatoms. The first-order valence-electron chi connectivity index (χ1n) is 8.11. The third-order valence-corrected chi connectivity index (χ3v) is 4.52. The lowest BCUT2D eigenvalue weighted by molar-refractivity contribution is 0.178. The predicted molar refractivity (Wildman–Crippen MR) is 89.3 cm³/mol. The summed E-state index contributed by atoms with van der Waals surface area (Å²) in [6, 6.07) is 5.38. The molecule has 6 nitrogen and oxygen atoms in total. The molecule has 0 N–H and O–H groups in total. The van der Waals surface area contributed by atoms with E-state index in [0.29, 0.717) is 23.2 Å². The highest BCUT2D eigenvalue weighted by atomic mass is 19.1. The number of piperazine rings is 1. The van der Waals surface area contributed by atoms with E-state index in [-0.39, 0.29) is 5.82 Å². The minimum Gasteiger partial charge on any atom is -0.423 e. The molecule has 4 rings (SSSR count). The van der Waals surface area contributed by atoms with Gasteiger partial charge in [0.15, 0.2) is 5.58 Å². The molecule has 1 fully saturated rings. The highest BCUT2D eigenvalue weighted by Gasteiger charge is 2.26. The fraction of sp³-hybridized carbons (Fsp3) is 0.412. The number of halogens is 1. The van der Waals surface area contributed by atoms with Gasteiger partial charge in [-0.2, -0.15) is 10.1 Å². The minimum atomic E-state index is -0.306. The maximum atomic E-state index is 13.3. The van der Waals surface area contributed by atoms with Crippen molar-refractivity contribution in [2.75, 3.05) is 24.5 Å². The number of aryl methyl sites for hydroxylation is 1. The molecule has 1 atom stereocenters. The molecule has 0 saturated carbocycles.